The van der Waals surface area contributed by atoms with Crippen LogP contribution >= 0.6 is 11.8 Å². The molecule has 6 nitrogen and oxygen atoms in total. The fourth-order valence-corrected chi connectivity index (χ4v) is 3.38. The molecule has 1 aliphatic heterocycles. The number of nitrogens with zero attached hydrogens (tertiary/aromatic N) is 2. The smallest absolute Gasteiger partial charge is 0.374 e. The molecule has 0 saturated carbocycles. The largest absolute Gasteiger partial charge is 0.457 e. The summed E-state index contributed by atoms with van der Waals surface area (Å²) < 4.78 is 9.81. The molecule has 0 amide bonds. The van der Waals surface area contributed by atoms with Gasteiger partial charge in [-0.15, -0.1) is 0 Å². The Labute approximate surface area is 142 Å². The molecule has 3 rings (SSSR count). The SMILES string of the molecule is CN1/C(=C(/C#N)C(=O)COC(=O)c2ccco2)Sc2ccccc21. The van der Waals surface area contributed by atoms with Crippen molar-refractivity contribution in [2.24, 2.45) is 0 Å². The van der Waals surface area contributed by atoms with Crippen molar-refractivity contribution >= 4 is 29.2 Å². The Bertz CT molecular complexity index is 865. The molecular formula is C17H12N2O4S. The molecule has 0 bridgehead atoms. The summed E-state index contributed by atoms with van der Waals surface area (Å²) in [6.45, 7) is -0.517. The standard InChI is InChI=1S/C17H12N2O4S/c1-19-12-5-2-3-7-15(12)24-16(19)11(9-18)13(20)10-23-17(21)14-6-4-8-22-14/h2-8H,10H2,1H3/b16-11+. The third-order valence-electron chi connectivity index (χ3n) is 3.40. The van der Waals surface area contributed by atoms with Gasteiger partial charge in [0, 0.05) is 11.9 Å². The van der Waals surface area contributed by atoms with Gasteiger partial charge in [-0.2, -0.15) is 5.26 Å². The van der Waals surface area contributed by atoms with Crippen molar-refractivity contribution in [1.29, 1.82) is 5.26 Å². The van der Waals surface area contributed by atoms with Gasteiger partial charge in [0.1, 0.15) is 16.7 Å². The van der Waals surface area contributed by atoms with Crippen LogP contribution in [0.1, 0.15) is 10.6 Å². The van der Waals surface area contributed by atoms with E-state index in [4.69, 9.17) is 9.15 Å². The predicted octanol–water partition coefficient (Wildman–Crippen LogP) is 2.98. The first-order valence-electron chi connectivity index (χ1n) is 7.00. The van der Waals surface area contributed by atoms with E-state index < -0.39 is 18.4 Å². The van der Waals surface area contributed by atoms with Crippen LogP contribution in [0.5, 0.6) is 0 Å². The summed E-state index contributed by atoms with van der Waals surface area (Å²) in [7, 11) is 1.79. The highest BCUT2D eigenvalue weighted by atomic mass is 32.2. The first-order chi connectivity index (χ1) is 11.6. The molecule has 24 heavy (non-hydrogen) atoms. The van der Waals surface area contributed by atoms with Gasteiger partial charge in [0.2, 0.25) is 11.5 Å². The van der Waals surface area contributed by atoms with Gasteiger partial charge < -0.3 is 14.1 Å². The first-order valence-corrected chi connectivity index (χ1v) is 7.82. The predicted molar refractivity (Wildman–Crippen MR) is 87.3 cm³/mol. The number of fused-ring (bicyclic) bond motifs is 1. The number of thioether (sulfide) groups is 1. The molecule has 2 heterocycles. The summed E-state index contributed by atoms with van der Waals surface area (Å²) in [6, 6.07) is 12.5. The summed E-state index contributed by atoms with van der Waals surface area (Å²) in [4.78, 5) is 26.8. The fraction of sp³-hybridized carbons (Fsp3) is 0.118. The van der Waals surface area contributed by atoms with Crippen LogP contribution < -0.4 is 4.90 Å². The molecule has 0 unspecified atom stereocenters. The third kappa shape index (κ3) is 2.92. The maximum atomic E-state index is 12.3. The monoisotopic (exact) mass is 340 g/mol. The van der Waals surface area contributed by atoms with Gasteiger partial charge in [0.05, 0.1) is 12.0 Å². The lowest BCUT2D eigenvalue weighted by Crippen LogP contribution is -2.19. The van der Waals surface area contributed by atoms with Gasteiger partial charge in [0.15, 0.2) is 6.61 Å². The fourth-order valence-electron chi connectivity index (χ4n) is 2.22. The molecular weight excluding hydrogens is 328 g/mol. The van der Waals surface area contributed by atoms with E-state index in [1.54, 1.807) is 18.0 Å². The number of benzene rings is 1. The lowest BCUT2D eigenvalue weighted by atomic mass is 10.2. The van der Waals surface area contributed by atoms with Crippen LogP contribution in [0.3, 0.4) is 0 Å². The summed E-state index contributed by atoms with van der Waals surface area (Å²) in [5.41, 5.74) is 0.886. The van der Waals surface area contributed by atoms with E-state index in [0.717, 1.165) is 10.6 Å². The maximum absolute atomic E-state index is 12.3. The molecule has 0 fully saturated rings. The number of furan rings is 1. The molecule has 0 aliphatic carbocycles. The Morgan fingerprint density at radius 2 is 2.08 bits per heavy atom. The minimum Gasteiger partial charge on any atom is -0.457 e. The molecule has 0 radical (unpaired) electrons. The average Bonchev–Trinajstić information content (AvgIpc) is 3.23. The van der Waals surface area contributed by atoms with Crippen molar-refractivity contribution in [1.82, 2.24) is 0 Å². The van der Waals surface area contributed by atoms with Gasteiger partial charge in [0.25, 0.3) is 0 Å². The van der Waals surface area contributed by atoms with E-state index in [2.05, 4.69) is 0 Å². The van der Waals surface area contributed by atoms with E-state index in [1.807, 2.05) is 30.3 Å². The second-order valence-electron chi connectivity index (χ2n) is 4.90. The normalized spacial score (nSPS) is 14.8. The summed E-state index contributed by atoms with van der Waals surface area (Å²) in [5.74, 6) is -1.29. The highest BCUT2D eigenvalue weighted by molar-refractivity contribution is 8.03. The second-order valence-corrected chi connectivity index (χ2v) is 5.93. The number of ether oxygens (including phenoxy) is 1. The first kappa shape index (κ1) is 15.9. The van der Waals surface area contributed by atoms with E-state index in [0.29, 0.717) is 5.03 Å². The minimum atomic E-state index is -0.744. The van der Waals surface area contributed by atoms with Crippen LogP contribution in [-0.4, -0.2) is 25.4 Å². The van der Waals surface area contributed by atoms with Crippen molar-refractivity contribution < 1.29 is 18.7 Å². The lowest BCUT2D eigenvalue weighted by Gasteiger charge is -2.14. The highest BCUT2D eigenvalue weighted by Crippen LogP contribution is 2.46. The van der Waals surface area contributed by atoms with Gasteiger partial charge in [-0.05, 0) is 24.3 Å². The molecule has 1 aromatic carbocycles. The Kier molecular flexibility index (Phi) is 4.40. The quantitative estimate of drug-likeness (QED) is 0.480. The number of hydrogen-bond acceptors (Lipinski definition) is 7. The number of anilines is 1. The number of carbonyl (C=O) groups is 2. The Balaban J connectivity index is 1.76. The number of rotatable bonds is 4. The molecule has 1 aromatic heterocycles. The van der Waals surface area contributed by atoms with Crippen molar-refractivity contribution in [2.45, 2.75) is 4.90 Å². The molecule has 0 spiro atoms. The molecule has 0 atom stereocenters. The van der Waals surface area contributed by atoms with E-state index in [9.17, 15) is 14.9 Å². The van der Waals surface area contributed by atoms with Crippen LogP contribution in [0.4, 0.5) is 5.69 Å². The van der Waals surface area contributed by atoms with Crippen molar-refractivity contribution in [3.05, 3.63) is 59.0 Å². The Morgan fingerprint density at radius 1 is 1.29 bits per heavy atom. The van der Waals surface area contributed by atoms with Crippen LogP contribution in [0.15, 0.2) is 62.6 Å². The average molecular weight is 340 g/mol. The Morgan fingerprint density at radius 3 is 2.75 bits per heavy atom. The van der Waals surface area contributed by atoms with Crippen molar-refractivity contribution in [3.8, 4) is 6.07 Å². The topological polar surface area (TPSA) is 83.5 Å². The van der Waals surface area contributed by atoms with Gasteiger partial charge in [-0.25, -0.2) is 4.79 Å². The number of nitriles is 1. The minimum absolute atomic E-state index is 0.00808. The van der Waals surface area contributed by atoms with Crippen molar-refractivity contribution in [2.75, 3.05) is 18.6 Å². The number of esters is 1. The molecule has 1 aliphatic rings. The number of hydrogen-bond donors (Lipinski definition) is 0. The van der Waals surface area contributed by atoms with E-state index in [1.165, 1.54) is 24.1 Å². The van der Waals surface area contributed by atoms with Crippen LogP contribution in [0.25, 0.3) is 0 Å². The Hall–Kier alpha value is -2.98. The summed E-state index contributed by atoms with van der Waals surface area (Å²) in [5, 5.41) is 9.90. The molecule has 0 N–H and O–H groups in total. The van der Waals surface area contributed by atoms with Crippen molar-refractivity contribution in [3.63, 3.8) is 0 Å². The molecule has 2 aromatic rings. The zero-order valence-electron chi connectivity index (χ0n) is 12.7. The summed E-state index contributed by atoms with van der Waals surface area (Å²) in [6.07, 6.45) is 1.34. The van der Waals surface area contributed by atoms with Crippen LogP contribution in [0, 0.1) is 11.3 Å². The third-order valence-corrected chi connectivity index (χ3v) is 4.64. The van der Waals surface area contributed by atoms with Gasteiger partial charge in [-0.3, -0.25) is 4.79 Å². The van der Waals surface area contributed by atoms with Gasteiger partial charge >= 0.3 is 5.97 Å². The molecule has 120 valence electrons. The number of carbonyl (C=O) groups excluding carboxylic acids is 2. The number of ketones is 1. The zero-order valence-corrected chi connectivity index (χ0v) is 13.5. The van der Waals surface area contributed by atoms with Crippen LogP contribution in [0.2, 0.25) is 0 Å². The second kappa shape index (κ2) is 6.64. The summed E-state index contributed by atoms with van der Waals surface area (Å²) >= 11 is 1.34. The van der Waals surface area contributed by atoms with Crippen LogP contribution in [-0.2, 0) is 9.53 Å². The molecule has 7 heteroatoms. The van der Waals surface area contributed by atoms with E-state index in [-0.39, 0.29) is 11.3 Å². The van der Waals surface area contributed by atoms with E-state index >= 15 is 0 Å². The molecule has 0 saturated heterocycles. The maximum Gasteiger partial charge on any atom is 0.374 e. The zero-order chi connectivity index (χ0) is 17.1. The number of Topliss-reactive ketones (excluding diaryl/α,β-unsaturated/α-hetero) is 1. The lowest BCUT2D eigenvalue weighted by molar-refractivity contribution is -0.118. The highest BCUT2D eigenvalue weighted by Gasteiger charge is 2.28. The number of para-hydroxylation sites is 1. The van der Waals surface area contributed by atoms with Gasteiger partial charge in [-0.1, -0.05) is 23.9 Å².